The maximum Gasteiger partial charge on any atom is 0.136 e. The Bertz CT molecular complexity index is 551. The van der Waals surface area contributed by atoms with Gasteiger partial charge in [-0.2, -0.15) is 0 Å². The number of nitrogens with one attached hydrogen (secondary N) is 1. The van der Waals surface area contributed by atoms with Crippen LogP contribution >= 0.6 is 11.6 Å². The third-order valence-corrected chi connectivity index (χ3v) is 3.23. The van der Waals surface area contributed by atoms with E-state index in [1.54, 1.807) is 7.11 Å². The zero-order valence-corrected chi connectivity index (χ0v) is 11.5. The van der Waals surface area contributed by atoms with E-state index >= 15 is 0 Å². The smallest absolute Gasteiger partial charge is 0.136 e. The third-order valence-electron chi connectivity index (χ3n) is 2.80. The number of aromatic nitrogens is 2. The number of ether oxygens (including phenoxy) is 1. The van der Waals surface area contributed by atoms with Crippen LogP contribution in [-0.2, 0) is 13.6 Å². The Morgan fingerprint density at radius 2 is 2.22 bits per heavy atom. The van der Waals surface area contributed by atoms with Crippen molar-refractivity contribution in [3.63, 3.8) is 0 Å². The number of rotatable bonds is 4. The largest absolute Gasteiger partial charge is 0.497 e. The van der Waals surface area contributed by atoms with E-state index in [2.05, 4.69) is 10.3 Å². The van der Waals surface area contributed by atoms with Crippen LogP contribution in [0.1, 0.15) is 5.82 Å². The standard InChI is InChI=1S/C13H16ClN3O/c1-15-8-11-16-12(13(14)17(11)2)9-5-4-6-10(7-9)18-3/h4-7,15H,8H2,1-3H3. The monoisotopic (exact) mass is 265 g/mol. The van der Waals surface area contributed by atoms with Gasteiger partial charge in [-0.1, -0.05) is 23.7 Å². The van der Waals surface area contributed by atoms with Crippen LogP contribution in [0.4, 0.5) is 0 Å². The van der Waals surface area contributed by atoms with Gasteiger partial charge in [0.05, 0.1) is 13.7 Å². The van der Waals surface area contributed by atoms with Crippen LogP contribution in [0.25, 0.3) is 11.3 Å². The normalized spacial score (nSPS) is 10.7. The topological polar surface area (TPSA) is 39.1 Å². The van der Waals surface area contributed by atoms with Gasteiger partial charge in [0, 0.05) is 12.6 Å². The maximum absolute atomic E-state index is 6.31. The minimum Gasteiger partial charge on any atom is -0.497 e. The van der Waals surface area contributed by atoms with Crippen LogP contribution < -0.4 is 10.1 Å². The van der Waals surface area contributed by atoms with Crippen LogP contribution in [0, 0.1) is 0 Å². The molecule has 0 saturated heterocycles. The van der Waals surface area contributed by atoms with Crippen molar-refractivity contribution in [2.45, 2.75) is 6.54 Å². The SMILES string of the molecule is CNCc1nc(-c2cccc(OC)c2)c(Cl)n1C. The van der Waals surface area contributed by atoms with Crippen LogP contribution in [0.3, 0.4) is 0 Å². The van der Waals surface area contributed by atoms with Crippen molar-refractivity contribution in [1.29, 1.82) is 0 Å². The first-order valence-corrected chi connectivity index (χ1v) is 6.05. The molecule has 0 atom stereocenters. The molecule has 0 saturated carbocycles. The molecular weight excluding hydrogens is 250 g/mol. The number of methoxy groups -OCH3 is 1. The molecule has 0 spiro atoms. The zero-order valence-electron chi connectivity index (χ0n) is 10.7. The van der Waals surface area contributed by atoms with Crippen LogP contribution in [0.15, 0.2) is 24.3 Å². The van der Waals surface area contributed by atoms with Crippen molar-refractivity contribution in [1.82, 2.24) is 14.9 Å². The fraction of sp³-hybridized carbons (Fsp3) is 0.308. The summed E-state index contributed by atoms with van der Waals surface area (Å²) in [4.78, 5) is 4.56. The highest BCUT2D eigenvalue weighted by Crippen LogP contribution is 2.29. The van der Waals surface area contributed by atoms with Crippen molar-refractivity contribution < 1.29 is 4.74 Å². The van der Waals surface area contributed by atoms with E-state index in [0.717, 1.165) is 22.8 Å². The second-order valence-corrected chi connectivity index (χ2v) is 4.35. The molecule has 1 aromatic heterocycles. The number of benzene rings is 1. The Morgan fingerprint density at radius 1 is 1.44 bits per heavy atom. The van der Waals surface area contributed by atoms with E-state index in [1.807, 2.05) is 42.9 Å². The summed E-state index contributed by atoms with van der Waals surface area (Å²) in [7, 11) is 5.44. The van der Waals surface area contributed by atoms with E-state index in [9.17, 15) is 0 Å². The van der Waals surface area contributed by atoms with Crippen molar-refractivity contribution in [2.75, 3.05) is 14.2 Å². The molecule has 4 nitrogen and oxygen atoms in total. The Labute approximate surface area is 112 Å². The molecule has 0 bridgehead atoms. The summed E-state index contributed by atoms with van der Waals surface area (Å²) in [6.07, 6.45) is 0. The molecule has 0 aliphatic rings. The average Bonchev–Trinajstić information content (AvgIpc) is 2.68. The average molecular weight is 266 g/mol. The number of imidazole rings is 1. The second-order valence-electron chi connectivity index (χ2n) is 3.99. The Balaban J connectivity index is 2.46. The molecule has 0 fully saturated rings. The van der Waals surface area contributed by atoms with Crippen molar-refractivity contribution in [2.24, 2.45) is 7.05 Å². The minimum atomic E-state index is 0.633. The van der Waals surface area contributed by atoms with E-state index in [1.165, 1.54) is 0 Å². The van der Waals surface area contributed by atoms with Gasteiger partial charge in [-0.3, -0.25) is 0 Å². The lowest BCUT2D eigenvalue weighted by Crippen LogP contribution is -2.10. The summed E-state index contributed by atoms with van der Waals surface area (Å²) in [6.45, 7) is 0.681. The number of halogens is 1. The number of hydrogen-bond acceptors (Lipinski definition) is 3. The summed E-state index contributed by atoms with van der Waals surface area (Å²) in [5, 5.41) is 3.71. The molecule has 1 heterocycles. The highest BCUT2D eigenvalue weighted by molar-refractivity contribution is 6.32. The minimum absolute atomic E-state index is 0.633. The summed E-state index contributed by atoms with van der Waals surface area (Å²) in [5.74, 6) is 1.70. The highest BCUT2D eigenvalue weighted by atomic mass is 35.5. The quantitative estimate of drug-likeness (QED) is 0.923. The van der Waals surface area contributed by atoms with Gasteiger partial charge in [-0.25, -0.2) is 4.98 Å². The van der Waals surface area contributed by atoms with Gasteiger partial charge in [0.1, 0.15) is 22.4 Å². The lowest BCUT2D eigenvalue weighted by Gasteiger charge is -2.02. The first-order valence-electron chi connectivity index (χ1n) is 5.67. The molecule has 0 unspecified atom stereocenters. The summed E-state index contributed by atoms with van der Waals surface area (Å²) >= 11 is 6.31. The molecule has 0 amide bonds. The first-order chi connectivity index (χ1) is 8.67. The predicted octanol–water partition coefficient (Wildman–Crippen LogP) is 2.47. The van der Waals surface area contributed by atoms with E-state index < -0.39 is 0 Å². The molecular formula is C13H16ClN3O. The summed E-state index contributed by atoms with van der Waals surface area (Å²) in [5.41, 5.74) is 1.74. The molecule has 5 heteroatoms. The Hall–Kier alpha value is -1.52. The predicted molar refractivity (Wildman–Crippen MR) is 73.0 cm³/mol. The molecule has 0 aliphatic carbocycles. The molecule has 2 aromatic rings. The molecule has 96 valence electrons. The van der Waals surface area contributed by atoms with Gasteiger partial charge in [-0.15, -0.1) is 0 Å². The first kappa shape index (κ1) is 12.9. The maximum atomic E-state index is 6.31. The van der Waals surface area contributed by atoms with Crippen molar-refractivity contribution in [3.05, 3.63) is 35.2 Å². The number of hydrogen-bond donors (Lipinski definition) is 1. The van der Waals surface area contributed by atoms with Gasteiger partial charge in [0.25, 0.3) is 0 Å². The van der Waals surface area contributed by atoms with E-state index in [0.29, 0.717) is 11.7 Å². The molecule has 2 rings (SSSR count). The molecule has 0 radical (unpaired) electrons. The molecule has 0 aliphatic heterocycles. The third kappa shape index (κ3) is 2.35. The van der Waals surface area contributed by atoms with Gasteiger partial charge >= 0.3 is 0 Å². The highest BCUT2D eigenvalue weighted by Gasteiger charge is 2.14. The van der Waals surface area contributed by atoms with Crippen LogP contribution in [0.5, 0.6) is 5.75 Å². The van der Waals surface area contributed by atoms with Crippen LogP contribution in [0.2, 0.25) is 5.15 Å². The van der Waals surface area contributed by atoms with Gasteiger partial charge in [0.15, 0.2) is 0 Å². The summed E-state index contributed by atoms with van der Waals surface area (Å²) in [6, 6.07) is 7.73. The zero-order chi connectivity index (χ0) is 13.1. The van der Waals surface area contributed by atoms with Gasteiger partial charge < -0.3 is 14.6 Å². The van der Waals surface area contributed by atoms with E-state index in [4.69, 9.17) is 16.3 Å². The second kappa shape index (κ2) is 5.42. The lowest BCUT2D eigenvalue weighted by atomic mass is 10.1. The Kier molecular flexibility index (Phi) is 3.89. The summed E-state index contributed by atoms with van der Waals surface area (Å²) < 4.78 is 7.09. The number of nitrogens with zero attached hydrogens (tertiary/aromatic N) is 2. The van der Waals surface area contributed by atoms with Gasteiger partial charge in [-0.05, 0) is 19.2 Å². The van der Waals surface area contributed by atoms with E-state index in [-0.39, 0.29) is 0 Å². The van der Waals surface area contributed by atoms with Crippen LogP contribution in [-0.4, -0.2) is 23.7 Å². The fourth-order valence-corrected chi connectivity index (χ4v) is 2.04. The Morgan fingerprint density at radius 3 is 2.89 bits per heavy atom. The van der Waals surface area contributed by atoms with Crippen molar-refractivity contribution >= 4 is 11.6 Å². The lowest BCUT2D eigenvalue weighted by molar-refractivity contribution is 0.415. The van der Waals surface area contributed by atoms with Crippen molar-refractivity contribution in [3.8, 4) is 17.0 Å². The molecule has 1 N–H and O–H groups in total. The molecule has 1 aromatic carbocycles. The van der Waals surface area contributed by atoms with Gasteiger partial charge in [0.2, 0.25) is 0 Å². The fourth-order valence-electron chi connectivity index (χ4n) is 1.79. The molecule has 18 heavy (non-hydrogen) atoms.